The number of Topliss-reactive ketones (excluding diaryl/α,β-unsaturated/α-hetero) is 1. The molecule has 1 heterocycles. The lowest BCUT2D eigenvalue weighted by molar-refractivity contribution is -0.143. The predicted octanol–water partition coefficient (Wildman–Crippen LogP) is 4.41. The van der Waals surface area contributed by atoms with Gasteiger partial charge in [0.2, 0.25) is 0 Å². The highest BCUT2D eigenvalue weighted by molar-refractivity contribution is 6.16. The minimum absolute atomic E-state index is 0.0751. The van der Waals surface area contributed by atoms with Gasteiger partial charge in [0, 0.05) is 36.9 Å². The summed E-state index contributed by atoms with van der Waals surface area (Å²) >= 11 is 0. The van der Waals surface area contributed by atoms with Crippen molar-refractivity contribution in [1.82, 2.24) is 0 Å². The van der Waals surface area contributed by atoms with Gasteiger partial charge < -0.3 is 5.11 Å². The van der Waals surface area contributed by atoms with Gasteiger partial charge in [-0.3, -0.25) is 19.6 Å². The van der Waals surface area contributed by atoms with Gasteiger partial charge >= 0.3 is 5.97 Å². The SMILES string of the molecule is CC1CCC(C(=O)O)CC1CCC(=O)c1ccccc1C1CN=CC=NC1C. The van der Waals surface area contributed by atoms with Gasteiger partial charge in [-0.25, -0.2) is 0 Å². The number of rotatable bonds is 6. The molecule has 2 aliphatic rings. The van der Waals surface area contributed by atoms with Crippen LogP contribution in [0.25, 0.3) is 0 Å². The summed E-state index contributed by atoms with van der Waals surface area (Å²) < 4.78 is 0. The highest BCUT2D eigenvalue weighted by Gasteiger charge is 2.32. The molecule has 0 spiro atoms. The molecular weight excluding hydrogens is 352 g/mol. The molecular formula is C23H30N2O3. The van der Waals surface area contributed by atoms with E-state index in [1.54, 1.807) is 12.4 Å². The summed E-state index contributed by atoms with van der Waals surface area (Å²) in [4.78, 5) is 33.3. The molecule has 0 saturated heterocycles. The molecule has 0 aromatic heterocycles. The molecule has 1 aromatic carbocycles. The van der Waals surface area contributed by atoms with Crippen LogP contribution in [0.1, 0.15) is 67.8 Å². The van der Waals surface area contributed by atoms with Crippen molar-refractivity contribution in [2.45, 2.75) is 57.9 Å². The summed E-state index contributed by atoms with van der Waals surface area (Å²) in [5.41, 5.74) is 1.79. The number of aliphatic carboxylic acids is 1. The molecule has 0 bridgehead atoms. The third-order valence-corrected chi connectivity index (χ3v) is 6.49. The first kappa shape index (κ1) is 20.4. The van der Waals surface area contributed by atoms with Crippen LogP contribution in [-0.2, 0) is 4.79 Å². The number of carboxylic acid groups (broad SMARTS) is 1. The van der Waals surface area contributed by atoms with E-state index in [1.807, 2.05) is 24.3 Å². The molecule has 1 aliphatic carbocycles. The molecule has 5 atom stereocenters. The number of benzene rings is 1. The van der Waals surface area contributed by atoms with Gasteiger partial charge in [-0.2, -0.15) is 0 Å². The number of hydrogen-bond acceptors (Lipinski definition) is 4. The summed E-state index contributed by atoms with van der Waals surface area (Å²) in [7, 11) is 0. The van der Waals surface area contributed by atoms with Crippen LogP contribution in [0.15, 0.2) is 34.3 Å². The molecule has 3 rings (SSSR count). The molecule has 5 nitrogen and oxygen atoms in total. The van der Waals surface area contributed by atoms with Crippen LogP contribution in [0.2, 0.25) is 0 Å². The monoisotopic (exact) mass is 382 g/mol. The molecule has 1 fully saturated rings. The topological polar surface area (TPSA) is 79.1 Å². The molecule has 0 radical (unpaired) electrons. The van der Waals surface area contributed by atoms with Crippen molar-refractivity contribution < 1.29 is 14.7 Å². The van der Waals surface area contributed by atoms with Gasteiger partial charge in [-0.1, -0.05) is 31.2 Å². The highest BCUT2D eigenvalue weighted by Crippen LogP contribution is 2.37. The summed E-state index contributed by atoms with van der Waals surface area (Å²) in [5, 5.41) is 9.34. The maximum absolute atomic E-state index is 13.1. The number of carboxylic acids is 1. The lowest BCUT2D eigenvalue weighted by Crippen LogP contribution is -2.28. The second kappa shape index (κ2) is 9.26. The van der Waals surface area contributed by atoms with Gasteiger partial charge in [-0.05, 0) is 50.0 Å². The first-order chi connectivity index (χ1) is 13.5. The molecule has 1 N–H and O–H groups in total. The Morgan fingerprint density at radius 2 is 1.93 bits per heavy atom. The lowest BCUT2D eigenvalue weighted by atomic mass is 9.72. The van der Waals surface area contributed by atoms with Crippen molar-refractivity contribution in [3.8, 4) is 0 Å². The Morgan fingerprint density at radius 3 is 2.71 bits per heavy atom. The van der Waals surface area contributed by atoms with E-state index in [1.165, 1.54) is 0 Å². The average Bonchev–Trinajstić information content (AvgIpc) is 2.91. The smallest absolute Gasteiger partial charge is 0.306 e. The fourth-order valence-corrected chi connectivity index (χ4v) is 4.58. The zero-order valence-corrected chi connectivity index (χ0v) is 16.8. The zero-order chi connectivity index (χ0) is 20.1. The number of aliphatic imine (C=N–C) groups is 2. The quantitative estimate of drug-likeness (QED) is 0.740. The lowest BCUT2D eigenvalue weighted by Gasteiger charge is -2.32. The molecule has 1 aliphatic heterocycles. The first-order valence-corrected chi connectivity index (χ1v) is 10.3. The number of carbonyl (C=O) groups excluding carboxylic acids is 1. The summed E-state index contributed by atoms with van der Waals surface area (Å²) in [5.74, 6) is 0.0640. The van der Waals surface area contributed by atoms with E-state index in [-0.39, 0.29) is 23.7 Å². The second-order valence-electron chi connectivity index (χ2n) is 8.29. The molecule has 28 heavy (non-hydrogen) atoms. The highest BCUT2D eigenvalue weighted by atomic mass is 16.4. The molecule has 0 amide bonds. The van der Waals surface area contributed by atoms with Crippen LogP contribution in [0.3, 0.4) is 0 Å². The Labute approximate surface area is 167 Å². The van der Waals surface area contributed by atoms with E-state index in [0.717, 1.165) is 30.4 Å². The van der Waals surface area contributed by atoms with Crippen LogP contribution in [0, 0.1) is 17.8 Å². The zero-order valence-electron chi connectivity index (χ0n) is 16.8. The minimum atomic E-state index is -0.697. The van der Waals surface area contributed by atoms with Gasteiger partial charge in [0.25, 0.3) is 0 Å². The normalized spacial score (nSPS) is 30.0. The summed E-state index contributed by atoms with van der Waals surface area (Å²) in [6, 6.07) is 7.89. The molecule has 1 aromatic rings. The van der Waals surface area contributed by atoms with Crippen molar-refractivity contribution in [2.75, 3.05) is 6.54 Å². The van der Waals surface area contributed by atoms with E-state index < -0.39 is 5.97 Å². The second-order valence-corrected chi connectivity index (χ2v) is 8.29. The van der Waals surface area contributed by atoms with Crippen LogP contribution in [0.4, 0.5) is 0 Å². The number of nitrogens with zero attached hydrogens (tertiary/aromatic N) is 2. The molecule has 150 valence electrons. The van der Waals surface area contributed by atoms with Crippen LogP contribution in [-0.4, -0.2) is 41.9 Å². The number of carbonyl (C=O) groups is 2. The standard InChI is InChI=1S/C23H30N2O3/c1-15-7-8-18(23(27)28)13-17(15)9-10-22(26)20-6-4-3-5-19(20)21-14-24-11-12-25-16(21)2/h3-6,11-12,15-18,21H,7-10,13-14H2,1-2H3,(H,27,28). The Morgan fingerprint density at radius 1 is 1.14 bits per heavy atom. The van der Waals surface area contributed by atoms with E-state index >= 15 is 0 Å². The van der Waals surface area contributed by atoms with Crippen molar-refractivity contribution in [3.05, 3.63) is 35.4 Å². The van der Waals surface area contributed by atoms with Crippen molar-refractivity contribution in [2.24, 2.45) is 27.7 Å². The molecule has 5 unspecified atom stereocenters. The van der Waals surface area contributed by atoms with Gasteiger partial charge in [0.1, 0.15) is 0 Å². The van der Waals surface area contributed by atoms with Crippen molar-refractivity contribution >= 4 is 24.2 Å². The predicted molar refractivity (Wildman–Crippen MR) is 112 cm³/mol. The molecule has 5 heteroatoms. The first-order valence-electron chi connectivity index (χ1n) is 10.3. The maximum atomic E-state index is 13.1. The maximum Gasteiger partial charge on any atom is 0.306 e. The van der Waals surface area contributed by atoms with E-state index in [9.17, 15) is 14.7 Å². The fraction of sp³-hybridized carbons (Fsp3) is 0.565. The number of hydrogen-bond donors (Lipinski definition) is 1. The van der Waals surface area contributed by atoms with Crippen LogP contribution >= 0.6 is 0 Å². The van der Waals surface area contributed by atoms with Crippen LogP contribution in [0.5, 0.6) is 0 Å². The Balaban J connectivity index is 1.70. The summed E-state index contributed by atoms with van der Waals surface area (Å²) in [6.45, 7) is 4.88. The Bertz CT molecular complexity index is 771. The van der Waals surface area contributed by atoms with E-state index in [2.05, 4.69) is 23.8 Å². The van der Waals surface area contributed by atoms with E-state index in [0.29, 0.717) is 31.2 Å². The molecule has 1 saturated carbocycles. The third kappa shape index (κ3) is 4.75. The third-order valence-electron chi connectivity index (χ3n) is 6.49. The minimum Gasteiger partial charge on any atom is -0.481 e. The van der Waals surface area contributed by atoms with Gasteiger partial charge in [0.15, 0.2) is 5.78 Å². The largest absolute Gasteiger partial charge is 0.481 e. The van der Waals surface area contributed by atoms with E-state index in [4.69, 9.17) is 0 Å². The Kier molecular flexibility index (Phi) is 6.76. The fourth-order valence-electron chi connectivity index (χ4n) is 4.58. The van der Waals surface area contributed by atoms with Gasteiger partial charge in [0.05, 0.1) is 12.0 Å². The Hall–Kier alpha value is -2.30. The summed E-state index contributed by atoms with van der Waals surface area (Å²) in [6.07, 6.45) is 7.06. The van der Waals surface area contributed by atoms with Crippen LogP contribution < -0.4 is 0 Å². The van der Waals surface area contributed by atoms with Crippen molar-refractivity contribution in [3.63, 3.8) is 0 Å². The van der Waals surface area contributed by atoms with Gasteiger partial charge in [-0.15, -0.1) is 0 Å². The number of ketones is 1. The average molecular weight is 383 g/mol. The van der Waals surface area contributed by atoms with Crippen molar-refractivity contribution in [1.29, 1.82) is 0 Å².